The van der Waals surface area contributed by atoms with Gasteiger partial charge in [-0.25, -0.2) is 0 Å². The summed E-state index contributed by atoms with van der Waals surface area (Å²) in [6, 6.07) is 8.52. The molecule has 1 heterocycles. The summed E-state index contributed by atoms with van der Waals surface area (Å²) in [4.78, 5) is 3.33. The molecule has 1 aromatic heterocycles. The SMILES string of the molecule is CC1CCC(CNCc2c[nH]c3ccccc23)C1. The maximum atomic E-state index is 3.62. The number of hydrogen-bond donors (Lipinski definition) is 2. The third-order valence-corrected chi connectivity index (χ3v) is 4.23. The number of fused-ring (bicyclic) bond motifs is 1. The smallest absolute Gasteiger partial charge is 0.0457 e. The van der Waals surface area contributed by atoms with Crippen LogP contribution in [0.25, 0.3) is 10.9 Å². The molecule has 2 N–H and O–H groups in total. The Labute approximate surface area is 109 Å². The molecule has 0 aliphatic heterocycles. The molecule has 2 nitrogen and oxygen atoms in total. The van der Waals surface area contributed by atoms with Crippen molar-refractivity contribution < 1.29 is 0 Å². The summed E-state index contributed by atoms with van der Waals surface area (Å²) >= 11 is 0. The summed E-state index contributed by atoms with van der Waals surface area (Å²) in [6.45, 7) is 4.53. The van der Waals surface area contributed by atoms with Crippen molar-refractivity contribution >= 4 is 10.9 Å². The van der Waals surface area contributed by atoms with E-state index in [-0.39, 0.29) is 0 Å². The third kappa shape index (κ3) is 2.44. The topological polar surface area (TPSA) is 27.8 Å². The molecular formula is C16H22N2. The summed E-state index contributed by atoms with van der Waals surface area (Å²) in [5, 5.41) is 4.97. The number of aromatic nitrogens is 1. The molecular weight excluding hydrogens is 220 g/mol. The van der Waals surface area contributed by atoms with E-state index in [1.165, 1.54) is 42.3 Å². The number of nitrogens with one attached hydrogen (secondary N) is 2. The molecule has 1 aliphatic carbocycles. The maximum Gasteiger partial charge on any atom is 0.0457 e. The van der Waals surface area contributed by atoms with E-state index in [0.29, 0.717) is 0 Å². The van der Waals surface area contributed by atoms with E-state index in [2.05, 4.69) is 47.7 Å². The van der Waals surface area contributed by atoms with Gasteiger partial charge in [-0.3, -0.25) is 0 Å². The molecule has 2 aromatic rings. The van der Waals surface area contributed by atoms with Crippen LogP contribution < -0.4 is 5.32 Å². The highest BCUT2D eigenvalue weighted by Crippen LogP contribution is 2.29. The summed E-state index contributed by atoms with van der Waals surface area (Å²) < 4.78 is 0. The number of para-hydroxylation sites is 1. The van der Waals surface area contributed by atoms with Crippen molar-refractivity contribution in [3.8, 4) is 0 Å². The number of benzene rings is 1. The zero-order valence-electron chi connectivity index (χ0n) is 11.1. The molecule has 18 heavy (non-hydrogen) atoms. The first kappa shape index (κ1) is 11.8. The van der Waals surface area contributed by atoms with Crippen molar-refractivity contribution in [3.05, 3.63) is 36.0 Å². The molecule has 1 aromatic carbocycles. The highest BCUT2D eigenvalue weighted by molar-refractivity contribution is 5.82. The van der Waals surface area contributed by atoms with E-state index < -0.39 is 0 Å². The fourth-order valence-corrected chi connectivity index (χ4v) is 3.20. The van der Waals surface area contributed by atoms with Crippen molar-refractivity contribution in [2.24, 2.45) is 11.8 Å². The Balaban J connectivity index is 1.57. The van der Waals surface area contributed by atoms with Gasteiger partial charge in [0.05, 0.1) is 0 Å². The average molecular weight is 242 g/mol. The first-order valence-electron chi connectivity index (χ1n) is 7.08. The lowest BCUT2D eigenvalue weighted by atomic mass is 10.1. The van der Waals surface area contributed by atoms with Crippen LogP contribution in [0.5, 0.6) is 0 Å². The normalized spacial score (nSPS) is 23.8. The van der Waals surface area contributed by atoms with Crippen molar-refractivity contribution in [2.75, 3.05) is 6.54 Å². The Kier molecular flexibility index (Phi) is 3.37. The van der Waals surface area contributed by atoms with E-state index in [0.717, 1.165) is 18.4 Å². The maximum absolute atomic E-state index is 3.62. The van der Waals surface area contributed by atoms with Crippen LogP contribution in [0.3, 0.4) is 0 Å². The molecule has 0 spiro atoms. The molecule has 0 saturated heterocycles. The fraction of sp³-hybridized carbons (Fsp3) is 0.500. The number of H-pyrrole nitrogens is 1. The van der Waals surface area contributed by atoms with Gasteiger partial charge in [0.15, 0.2) is 0 Å². The van der Waals surface area contributed by atoms with Gasteiger partial charge in [-0.15, -0.1) is 0 Å². The second-order valence-electron chi connectivity index (χ2n) is 5.77. The molecule has 1 aliphatic rings. The van der Waals surface area contributed by atoms with Gasteiger partial charge in [0, 0.05) is 23.6 Å². The Morgan fingerprint density at radius 2 is 2.17 bits per heavy atom. The first-order chi connectivity index (χ1) is 8.83. The minimum absolute atomic E-state index is 0.894. The minimum atomic E-state index is 0.894. The largest absolute Gasteiger partial charge is 0.361 e. The van der Waals surface area contributed by atoms with E-state index in [1.54, 1.807) is 0 Å². The van der Waals surface area contributed by atoms with Gasteiger partial charge >= 0.3 is 0 Å². The Bertz CT molecular complexity index is 515. The predicted octanol–water partition coefficient (Wildman–Crippen LogP) is 3.69. The van der Waals surface area contributed by atoms with Crippen LogP contribution in [0.2, 0.25) is 0 Å². The molecule has 2 unspecified atom stereocenters. The fourth-order valence-electron chi connectivity index (χ4n) is 3.20. The van der Waals surface area contributed by atoms with E-state index in [4.69, 9.17) is 0 Å². The summed E-state index contributed by atoms with van der Waals surface area (Å²) in [5.74, 6) is 1.83. The lowest BCUT2D eigenvalue weighted by Gasteiger charge is -2.10. The number of hydrogen-bond acceptors (Lipinski definition) is 1. The van der Waals surface area contributed by atoms with Crippen molar-refractivity contribution in [1.82, 2.24) is 10.3 Å². The summed E-state index contributed by atoms with van der Waals surface area (Å²) in [7, 11) is 0. The van der Waals surface area contributed by atoms with Gasteiger partial charge < -0.3 is 10.3 Å². The van der Waals surface area contributed by atoms with Crippen LogP contribution in [0.1, 0.15) is 31.7 Å². The molecule has 3 rings (SSSR count). The molecule has 1 fully saturated rings. The average Bonchev–Trinajstić information content (AvgIpc) is 2.97. The number of rotatable bonds is 4. The zero-order chi connectivity index (χ0) is 12.4. The molecule has 0 amide bonds. The van der Waals surface area contributed by atoms with E-state index >= 15 is 0 Å². The van der Waals surface area contributed by atoms with Crippen LogP contribution >= 0.6 is 0 Å². The van der Waals surface area contributed by atoms with E-state index in [9.17, 15) is 0 Å². The van der Waals surface area contributed by atoms with Crippen LogP contribution in [0.15, 0.2) is 30.5 Å². The van der Waals surface area contributed by atoms with Gasteiger partial charge in [-0.2, -0.15) is 0 Å². The third-order valence-electron chi connectivity index (χ3n) is 4.23. The molecule has 2 atom stereocenters. The second kappa shape index (κ2) is 5.15. The second-order valence-corrected chi connectivity index (χ2v) is 5.77. The lowest BCUT2D eigenvalue weighted by Crippen LogP contribution is -2.20. The molecule has 0 bridgehead atoms. The Morgan fingerprint density at radius 3 is 3.00 bits per heavy atom. The van der Waals surface area contributed by atoms with Crippen molar-refractivity contribution in [1.29, 1.82) is 0 Å². The quantitative estimate of drug-likeness (QED) is 0.840. The standard InChI is InChI=1S/C16H22N2/c1-12-6-7-13(8-12)9-17-10-14-11-18-16-5-3-2-4-15(14)16/h2-5,11-13,17-18H,6-10H2,1H3. The predicted molar refractivity (Wildman–Crippen MR) is 76.5 cm³/mol. The zero-order valence-corrected chi connectivity index (χ0v) is 11.1. The molecule has 0 radical (unpaired) electrons. The first-order valence-corrected chi connectivity index (χ1v) is 7.08. The Morgan fingerprint density at radius 1 is 1.28 bits per heavy atom. The van der Waals surface area contributed by atoms with Crippen LogP contribution in [-0.4, -0.2) is 11.5 Å². The van der Waals surface area contributed by atoms with Crippen LogP contribution in [-0.2, 0) is 6.54 Å². The monoisotopic (exact) mass is 242 g/mol. The number of aromatic amines is 1. The van der Waals surface area contributed by atoms with Gasteiger partial charge in [0.2, 0.25) is 0 Å². The van der Waals surface area contributed by atoms with Crippen molar-refractivity contribution in [3.63, 3.8) is 0 Å². The van der Waals surface area contributed by atoms with E-state index in [1.807, 2.05) is 0 Å². The highest BCUT2D eigenvalue weighted by atomic mass is 14.9. The Hall–Kier alpha value is -1.28. The van der Waals surface area contributed by atoms with Gasteiger partial charge in [0.25, 0.3) is 0 Å². The van der Waals surface area contributed by atoms with Crippen LogP contribution in [0, 0.1) is 11.8 Å². The molecule has 96 valence electrons. The lowest BCUT2D eigenvalue weighted by molar-refractivity contribution is 0.471. The van der Waals surface area contributed by atoms with Gasteiger partial charge in [-0.1, -0.05) is 31.5 Å². The molecule has 2 heteroatoms. The minimum Gasteiger partial charge on any atom is -0.361 e. The highest BCUT2D eigenvalue weighted by Gasteiger charge is 2.20. The molecule has 1 saturated carbocycles. The van der Waals surface area contributed by atoms with Crippen molar-refractivity contribution in [2.45, 2.75) is 32.7 Å². The summed E-state index contributed by atoms with van der Waals surface area (Å²) in [5.41, 5.74) is 2.63. The van der Waals surface area contributed by atoms with Gasteiger partial charge in [0.1, 0.15) is 0 Å². The van der Waals surface area contributed by atoms with Crippen LogP contribution in [0.4, 0.5) is 0 Å². The van der Waals surface area contributed by atoms with Gasteiger partial charge in [-0.05, 0) is 42.9 Å². The summed E-state index contributed by atoms with van der Waals surface area (Å²) in [6.07, 6.45) is 6.36.